The van der Waals surface area contributed by atoms with Gasteiger partial charge in [-0.2, -0.15) is 0 Å². The molecule has 0 fully saturated rings. The number of amides is 1. The van der Waals surface area contributed by atoms with Crippen LogP contribution in [0.15, 0.2) is 30.3 Å². The van der Waals surface area contributed by atoms with Gasteiger partial charge in [0.2, 0.25) is 5.91 Å². The lowest BCUT2D eigenvalue weighted by Gasteiger charge is -2.23. The molecule has 130 valence electrons. The summed E-state index contributed by atoms with van der Waals surface area (Å²) in [5, 5.41) is 2.90. The van der Waals surface area contributed by atoms with Gasteiger partial charge in [0.15, 0.2) is 0 Å². The highest BCUT2D eigenvalue weighted by Gasteiger charge is 2.19. The summed E-state index contributed by atoms with van der Waals surface area (Å²) in [5.74, 6) is 1.15. The normalized spacial score (nSPS) is 12.1. The topological polar surface area (TPSA) is 50.8 Å². The Morgan fingerprint density at radius 2 is 1.88 bits per heavy atom. The summed E-state index contributed by atoms with van der Waals surface area (Å²) in [7, 11) is 5.05. The summed E-state index contributed by atoms with van der Waals surface area (Å²) in [6.45, 7) is 2.52. The van der Waals surface area contributed by atoms with Crippen molar-refractivity contribution in [1.29, 1.82) is 0 Å². The Labute approximate surface area is 151 Å². The van der Waals surface area contributed by atoms with Gasteiger partial charge in [0.25, 0.3) is 0 Å². The summed E-state index contributed by atoms with van der Waals surface area (Å²) in [6, 6.07) is 8.80. The molecule has 0 unspecified atom stereocenters. The molecule has 2 rings (SSSR count). The van der Waals surface area contributed by atoms with Crippen molar-refractivity contribution in [2.45, 2.75) is 19.5 Å². The predicted octanol–water partition coefficient (Wildman–Crippen LogP) is 3.88. The number of rotatable bonds is 7. The van der Waals surface area contributed by atoms with E-state index in [0.717, 1.165) is 9.21 Å². The zero-order chi connectivity index (χ0) is 17.7. The molecule has 0 aliphatic heterocycles. The van der Waals surface area contributed by atoms with Crippen molar-refractivity contribution in [2.24, 2.45) is 0 Å². The molecule has 5 nitrogen and oxygen atoms in total. The summed E-state index contributed by atoms with van der Waals surface area (Å²) in [6.07, 6.45) is 0. The van der Waals surface area contributed by atoms with Crippen molar-refractivity contribution in [1.82, 2.24) is 4.90 Å². The van der Waals surface area contributed by atoms with Gasteiger partial charge in [-0.3, -0.25) is 9.69 Å². The van der Waals surface area contributed by atoms with Crippen LogP contribution >= 0.6 is 22.9 Å². The molecule has 1 heterocycles. The minimum atomic E-state index is -0.303. The maximum atomic E-state index is 12.5. The highest BCUT2D eigenvalue weighted by atomic mass is 35.5. The van der Waals surface area contributed by atoms with Crippen molar-refractivity contribution in [3.8, 4) is 11.5 Å². The quantitative estimate of drug-likeness (QED) is 0.805. The number of hydrogen-bond donors (Lipinski definition) is 1. The zero-order valence-electron chi connectivity index (χ0n) is 14.1. The van der Waals surface area contributed by atoms with Crippen LogP contribution in [0.5, 0.6) is 11.5 Å². The van der Waals surface area contributed by atoms with Crippen LogP contribution in [0.1, 0.15) is 11.8 Å². The fraction of sp³-hybridized carbons (Fsp3) is 0.353. The molecular weight excluding hydrogens is 348 g/mol. The van der Waals surface area contributed by atoms with E-state index in [1.165, 1.54) is 11.3 Å². The van der Waals surface area contributed by atoms with Crippen LogP contribution in [0.2, 0.25) is 4.34 Å². The lowest BCUT2D eigenvalue weighted by molar-refractivity contribution is -0.120. The van der Waals surface area contributed by atoms with Crippen LogP contribution in [0.3, 0.4) is 0 Å². The smallest absolute Gasteiger partial charge is 0.241 e. The lowest BCUT2D eigenvalue weighted by Crippen LogP contribution is -2.39. The second-order valence-corrected chi connectivity index (χ2v) is 7.19. The Morgan fingerprint density at radius 3 is 2.38 bits per heavy atom. The van der Waals surface area contributed by atoms with Crippen molar-refractivity contribution in [3.05, 3.63) is 39.5 Å². The number of carbonyl (C=O) groups is 1. The van der Waals surface area contributed by atoms with Crippen molar-refractivity contribution >= 4 is 34.5 Å². The average molecular weight is 369 g/mol. The van der Waals surface area contributed by atoms with Gasteiger partial charge >= 0.3 is 0 Å². The number of benzene rings is 1. The SMILES string of the molecule is COc1cc(NC(=O)[C@H](C)N(C)Cc2ccc(Cl)s2)cc(OC)c1. The van der Waals surface area contributed by atoms with Crippen LogP contribution in [-0.2, 0) is 11.3 Å². The standard InChI is InChI=1S/C17H21ClN2O3S/c1-11(20(2)10-15-5-6-16(18)24-15)17(21)19-12-7-13(22-3)9-14(8-12)23-4/h5-9,11H,10H2,1-4H3,(H,19,21)/t11-/m0/s1. The Morgan fingerprint density at radius 1 is 1.25 bits per heavy atom. The van der Waals surface area contributed by atoms with E-state index >= 15 is 0 Å². The fourth-order valence-electron chi connectivity index (χ4n) is 2.15. The van der Waals surface area contributed by atoms with Crippen LogP contribution in [-0.4, -0.2) is 38.1 Å². The molecule has 1 N–H and O–H groups in total. The Hall–Kier alpha value is -1.76. The largest absolute Gasteiger partial charge is 0.497 e. The number of hydrogen-bond acceptors (Lipinski definition) is 5. The molecule has 24 heavy (non-hydrogen) atoms. The molecular formula is C17H21ClN2O3S. The van der Waals surface area contributed by atoms with Crippen molar-refractivity contribution < 1.29 is 14.3 Å². The molecule has 0 bridgehead atoms. The number of anilines is 1. The Kier molecular flexibility index (Phi) is 6.48. The van der Waals surface area contributed by atoms with Crippen LogP contribution in [0.4, 0.5) is 5.69 Å². The third-order valence-electron chi connectivity index (χ3n) is 3.69. The monoisotopic (exact) mass is 368 g/mol. The summed E-state index contributed by atoms with van der Waals surface area (Å²) in [5.41, 5.74) is 0.635. The molecule has 1 aromatic carbocycles. The number of thiophene rings is 1. The predicted molar refractivity (Wildman–Crippen MR) is 98.4 cm³/mol. The number of nitrogens with zero attached hydrogens (tertiary/aromatic N) is 1. The number of nitrogens with one attached hydrogen (secondary N) is 1. The second-order valence-electron chi connectivity index (χ2n) is 5.39. The van der Waals surface area contributed by atoms with E-state index in [4.69, 9.17) is 21.1 Å². The molecule has 1 aromatic heterocycles. The summed E-state index contributed by atoms with van der Waals surface area (Å²) >= 11 is 7.47. The third-order valence-corrected chi connectivity index (χ3v) is 4.91. The summed E-state index contributed by atoms with van der Waals surface area (Å²) < 4.78 is 11.2. The zero-order valence-corrected chi connectivity index (χ0v) is 15.7. The number of ether oxygens (including phenoxy) is 2. The van der Waals surface area contributed by atoms with E-state index < -0.39 is 0 Å². The van der Waals surface area contributed by atoms with Gasteiger partial charge in [0, 0.05) is 35.3 Å². The minimum Gasteiger partial charge on any atom is -0.497 e. The van der Waals surface area contributed by atoms with E-state index in [-0.39, 0.29) is 11.9 Å². The van der Waals surface area contributed by atoms with Gasteiger partial charge in [0.05, 0.1) is 24.6 Å². The molecule has 1 atom stereocenters. The van der Waals surface area contributed by atoms with Gasteiger partial charge in [-0.05, 0) is 26.1 Å². The van der Waals surface area contributed by atoms with Crippen LogP contribution < -0.4 is 14.8 Å². The molecule has 2 aromatic rings. The first kappa shape index (κ1) is 18.6. The summed E-state index contributed by atoms with van der Waals surface area (Å²) in [4.78, 5) is 15.6. The number of methoxy groups -OCH3 is 2. The Bertz CT molecular complexity index is 683. The molecule has 0 spiro atoms. The number of halogens is 1. The molecule has 0 aliphatic rings. The molecule has 0 saturated carbocycles. The van der Waals surface area contributed by atoms with Gasteiger partial charge in [0.1, 0.15) is 11.5 Å². The molecule has 0 aliphatic carbocycles. The minimum absolute atomic E-state index is 0.101. The highest BCUT2D eigenvalue weighted by molar-refractivity contribution is 7.16. The van der Waals surface area contributed by atoms with E-state index in [1.807, 2.05) is 31.0 Å². The van der Waals surface area contributed by atoms with Crippen LogP contribution in [0.25, 0.3) is 0 Å². The van der Waals surface area contributed by atoms with Gasteiger partial charge in [-0.25, -0.2) is 0 Å². The van der Waals surface area contributed by atoms with E-state index in [9.17, 15) is 4.79 Å². The third kappa shape index (κ3) is 4.87. The first-order valence-corrected chi connectivity index (χ1v) is 8.60. The number of likely N-dealkylation sites (N-methyl/N-ethyl adjacent to an activating group) is 1. The molecule has 7 heteroatoms. The average Bonchev–Trinajstić information content (AvgIpc) is 2.98. The van der Waals surface area contributed by atoms with E-state index in [0.29, 0.717) is 23.7 Å². The van der Waals surface area contributed by atoms with Gasteiger partial charge in [-0.1, -0.05) is 11.6 Å². The second kappa shape index (κ2) is 8.37. The van der Waals surface area contributed by atoms with E-state index in [2.05, 4.69) is 5.32 Å². The maximum absolute atomic E-state index is 12.5. The van der Waals surface area contributed by atoms with Crippen molar-refractivity contribution in [3.63, 3.8) is 0 Å². The first-order chi connectivity index (χ1) is 11.4. The first-order valence-electron chi connectivity index (χ1n) is 7.41. The van der Waals surface area contributed by atoms with Gasteiger partial charge in [-0.15, -0.1) is 11.3 Å². The Balaban J connectivity index is 2.02. The fourth-order valence-corrected chi connectivity index (χ4v) is 3.30. The molecule has 0 radical (unpaired) electrons. The van der Waals surface area contributed by atoms with Gasteiger partial charge < -0.3 is 14.8 Å². The van der Waals surface area contributed by atoms with Crippen LogP contribution in [0, 0.1) is 0 Å². The van der Waals surface area contributed by atoms with E-state index in [1.54, 1.807) is 32.4 Å². The molecule has 1 amide bonds. The maximum Gasteiger partial charge on any atom is 0.241 e. The number of carbonyl (C=O) groups excluding carboxylic acids is 1. The molecule has 0 saturated heterocycles. The highest BCUT2D eigenvalue weighted by Crippen LogP contribution is 2.26. The van der Waals surface area contributed by atoms with Crippen molar-refractivity contribution in [2.75, 3.05) is 26.6 Å². The lowest BCUT2D eigenvalue weighted by atomic mass is 10.2.